The highest BCUT2D eigenvalue weighted by Crippen LogP contribution is 2.39. The van der Waals surface area contributed by atoms with E-state index in [1.165, 1.54) is 51.4 Å². The molecular formula is C15H30N2. The minimum atomic E-state index is 0.392. The average molecular weight is 238 g/mol. The summed E-state index contributed by atoms with van der Waals surface area (Å²) in [5.41, 5.74) is 6.65. The third-order valence-corrected chi connectivity index (χ3v) is 5.10. The van der Waals surface area contributed by atoms with Crippen LogP contribution in [0.25, 0.3) is 0 Å². The molecule has 0 bridgehead atoms. The van der Waals surface area contributed by atoms with Crippen molar-refractivity contribution in [3.8, 4) is 0 Å². The Morgan fingerprint density at radius 1 is 1.00 bits per heavy atom. The lowest BCUT2D eigenvalue weighted by atomic mass is 9.77. The molecule has 0 radical (unpaired) electrons. The van der Waals surface area contributed by atoms with Crippen molar-refractivity contribution in [2.75, 3.05) is 6.54 Å². The fourth-order valence-corrected chi connectivity index (χ4v) is 3.66. The predicted octanol–water partition coefficient (Wildman–Crippen LogP) is 3.06. The van der Waals surface area contributed by atoms with Crippen LogP contribution in [0.1, 0.15) is 65.2 Å². The Bertz CT molecular complexity index is 231. The van der Waals surface area contributed by atoms with Crippen LogP contribution < -0.4 is 11.1 Å². The van der Waals surface area contributed by atoms with Crippen LogP contribution in [-0.4, -0.2) is 18.6 Å². The second-order valence-electron chi connectivity index (χ2n) is 6.91. The van der Waals surface area contributed by atoms with Gasteiger partial charge in [-0.15, -0.1) is 0 Å². The molecule has 0 saturated heterocycles. The van der Waals surface area contributed by atoms with Gasteiger partial charge < -0.3 is 11.1 Å². The SMILES string of the molecule is CC(C)(CNC1CCCCC1N)C1CCCC1. The third-order valence-electron chi connectivity index (χ3n) is 5.10. The van der Waals surface area contributed by atoms with Crippen molar-refractivity contribution in [3.05, 3.63) is 0 Å². The van der Waals surface area contributed by atoms with Gasteiger partial charge in [0.1, 0.15) is 0 Å². The molecule has 17 heavy (non-hydrogen) atoms. The molecule has 2 fully saturated rings. The molecule has 0 aliphatic heterocycles. The highest BCUT2D eigenvalue weighted by atomic mass is 15.0. The van der Waals surface area contributed by atoms with Crippen molar-refractivity contribution in [3.63, 3.8) is 0 Å². The van der Waals surface area contributed by atoms with Gasteiger partial charge in [-0.2, -0.15) is 0 Å². The van der Waals surface area contributed by atoms with E-state index >= 15 is 0 Å². The summed E-state index contributed by atoms with van der Waals surface area (Å²) >= 11 is 0. The molecule has 2 aliphatic rings. The molecule has 2 saturated carbocycles. The van der Waals surface area contributed by atoms with Crippen LogP contribution in [0.15, 0.2) is 0 Å². The summed E-state index contributed by atoms with van der Waals surface area (Å²) in [4.78, 5) is 0. The van der Waals surface area contributed by atoms with E-state index in [0.717, 1.165) is 12.5 Å². The first kappa shape index (κ1) is 13.4. The molecule has 2 aliphatic carbocycles. The first-order chi connectivity index (χ1) is 8.09. The van der Waals surface area contributed by atoms with Crippen LogP contribution in [0.3, 0.4) is 0 Å². The fraction of sp³-hybridized carbons (Fsp3) is 1.00. The van der Waals surface area contributed by atoms with Crippen LogP contribution >= 0.6 is 0 Å². The van der Waals surface area contributed by atoms with Crippen molar-refractivity contribution < 1.29 is 0 Å². The molecule has 2 nitrogen and oxygen atoms in total. The van der Waals surface area contributed by atoms with Crippen LogP contribution in [0.4, 0.5) is 0 Å². The van der Waals surface area contributed by atoms with E-state index in [-0.39, 0.29) is 0 Å². The standard InChI is InChI=1S/C15H30N2/c1-15(2,12-7-3-4-8-12)11-17-14-10-6-5-9-13(14)16/h12-14,17H,3-11,16H2,1-2H3. The van der Waals surface area contributed by atoms with Gasteiger partial charge >= 0.3 is 0 Å². The zero-order chi connectivity index (χ0) is 12.3. The van der Waals surface area contributed by atoms with Gasteiger partial charge in [0.15, 0.2) is 0 Å². The zero-order valence-electron chi connectivity index (χ0n) is 11.7. The van der Waals surface area contributed by atoms with Gasteiger partial charge in [0, 0.05) is 18.6 Å². The monoisotopic (exact) mass is 238 g/mol. The van der Waals surface area contributed by atoms with Gasteiger partial charge in [0.25, 0.3) is 0 Å². The van der Waals surface area contributed by atoms with E-state index in [9.17, 15) is 0 Å². The fourth-order valence-electron chi connectivity index (χ4n) is 3.66. The van der Waals surface area contributed by atoms with Crippen molar-refractivity contribution in [1.82, 2.24) is 5.32 Å². The zero-order valence-corrected chi connectivity index (χ0v) is 11.7. The topological polar surface area (TPSA) is 38.0 Å². The van der Waals surface area contributed by atoms with Crippen molar-refractivity contribution in [1.29, 1.82) is 0 Å². The van der Waals surface area contributed by atoms with Crippen molar-refractivity contribution in [2.45, 2.75) is 77.3 Å². The average Bonchev–Trinajstić information content (AvgIpc) is 2.82. The summed E-state index contributed by atoms with van der Waals surface area (Å²) in [6.45, 7) is 6.02. The molecule has 0 aromatic heterocycles. The molecule has 3 N–H and O–H groups in total. The van der Waals surface area contributed by atoms with E-state index in [2.05, 4.69) is 19.2 Å². The summed E-state index contributed by atoms with van der Waals surface area (Å²) in [7, 11) is 0. The summed E-state index contributed by atoms with van der Waals surface area (Å²) in [6.07, 6.45) is 10.9. The Labute approximate surface area is 107 Å². The van der Waals surface area contributed by atoms with Gasteiger partial charge in [0.2, 0.25) is 0 Å². The Morgan fingerprint density at radius 2 is 1.59 bits per heavy atom. The Hall–Kier alpha value is -0.0800. The molecule has 2 heteroatoms. The number of hydrogen-bond acceptors (Lipinski definition) is 2. The van der Waals surface area contributed by atoms with Crippen LogP contribution in [0.2, 0.25) is 0 Å². The minimum absolute atomic E-state index is 0.392. The molecular weight excluding hydrogens is 208 g/mol. The maximum absolute atomic E-state index is 6.20. The lowest BCUT2D eigenvalue weighted by Crippen LogP contribution is -2.50. The van der Waals surface area contributed by atoms with Gasteiger partial charge in [-0.1, -0.05) is 39.5 Å². The summed E-state index contributed by atoms with van der Waals surface area (Å²) < 4.78 is 0. The largest absolute Gasteiger partial charge is 0.326 e. The lowest BCUT2D eigenvalue weighted by Gasteiger charge is -2.36. The molecule has 0 heterocycles. The van der Waals surface area contributed by atoms with Crippen molar-refractivity contribution in [2.24, 2.45) is 17.1 Å². The third kappa shape index (κ3) is 3.45. The Balaban J connectivity index is 1.79. The van der Waals surface area contributed by atoms with Crippen LogP contribution in [0.5, 0.6) is 0 Å². The highest BCUT2D eigenvalue weighted by Gasteiger charge is 2.32. The number of rotatable bonds is 4. The predicted molar refractivity (Wildman–Crippen MR) is 74.0 cm³/mol. The summed E-state index contributed by atoms with van der Waals surface area (Å²) in [5, 5.41) is 3.76. The second-order valence-corrected chi connectivity index (χ2v) is 6.91. The molecule has 0 aromatic carbocycles. The van der Waals surface area contributed by atoms with E-state index in [4.69, 9.17) is 5.73 Å². The lowest BCUT2D eigenvalue weighted by molar-refractivity contribution is 0.187. The summed E-state index contributed by atoms with van der Waals surface area (Å²) in [6, 6.07) is 0.965. The van der Waals surface area contributed by atoms with Crippen LogP contribution in [0, 0.1) is 11.3 Å². The molecule has 0 amide bonds. The van der Waals surface area contributed by atoms with Gasteiger partial charge in [-0.3, -0.25) is 0 Å². The Kier molecular flexibility index (Phi) is 4.48. The molecule has 2 atom stereocenters. The normalized spacial score (nSPS) is 31.9. The van der Waals surface area contributed by atoms with Crippen molar-refractivity contribution >= 4 is 0 Å². The van der Waals surface area contributed by atoms with E-state index in [0.29, 0.717) is 17.5 Å². The smallest absolute Gasteiger partial charge is 0.0219 e. The summed E-state index contributed by atoms with van der Waals surface area (Å²) in [5.74, 6) is 0.926. The van der Waals surface area contributed by atoms with E-state index in [1.807, 2.05) is 0 Å². The maximum atomic E-state index is 6.20. The molecule has 0 aromatic rings. The molecule has 100 valence electrons. The second kappa shape index (κ2) is 5.71. The number of nitrogens with two attached hydrogens (primary N) is 1. The quantitative estimate of drug-likeness (QED) is 0.790. The molecule has 0 spiro atoms. The van der Waals surface area contributed by atoms with Gasteiger partial charge in [-0.05, 0) is 37.0 Å². The minimum Gasteiger partial charge on any atom is -0.326 e. The van der Waals surface area contributed by atoms with Crippen LogP contribution in [-0.2, 0) is 0 Å². The highest BCUT2D eigenvalue weighted by molar-refractivity contribution is 4.89. The Morgan fingerprint density at radius 3 is 2.24 bits per heavy atom. The maximum Gasteiger partial charge on any atom is 0.0219 e. The van der Waals surface area contributed by atoms with E-state index in [1.54, 1.807) is 0 Å². The molecule has 2 rings (SSSR count). The molecule has 2 unspecified atom stereocenters. The number of nitrogens with one attached hydrogen (secondary N) is 1. The number of hydrogen-bond donors (Lipinski definition) is 2. The first-order valence-electron chi connectivity index (χ1n) is 7.58. The van der Waals surface area contributed by atoms with E-state index < -0.39 is 0 Å². The van der Waals surface area contributed by atoms with Gasteiger partial charge in [0.05, 0.1) is 0 Å². The first-order valence-corrected chi connectivity index (χ1v) is 7.58. The van der Waals surface area contributed by atoms with Gasteiger partial charge in [-0.25, -0.2) is 0 Å².